The molecule has 1 aliphatic heterocycles. The van der Waals surface area contributed by atoms with Crippen molar-refractivity contribution in [3.05, 3.63) is 0 Å². The van der Waals surface area contributed by atoms with Crippen LogP contribution in [0.2, 0.25) is 0 Å². The van der Waals surface area contributed by atoms with E-state index in [0.717, 1.165) is 12.8 Å². The van der Waals surface area contributed by atoms with Crippen LogP contribution in [-0.4, -0.2) is 17.5 Å². The van der Waals surface area contributed by atoms with Gasteiger partial charge in [0.25, 0.3) is 0 Å². The SMILES string of the molecule is CC1CC[C@H](C(C)C)C(O)O1. The van der Waals surface area contributed by atoms with Gasteiger partial charge in [0, 0.05) is 5.92 Å². The molecule has 0 saturated carbocycles. The van der Waals surface area contributed by atoms with Gasteiger partial charge in [0.05, 0.1) is 6.10 Å². The van der Waals surface area contributed by atoms with Crippen molar-refractivity contribution >= 4 is 0 Å². The average molecular weight is 158 g/mol. The van der Waals surface area contributed by atoms with Crippen molar-refractivity contribution in [2.45, 2.75) is 46.0 Å². The van der Waals surface area contributed by atoms with Gasteiger partial charge in [-0.1, -0.05) is 13.8 Å². The van der Waals surface area contributed by atoms with Crippen molar-refractivity contribution in [3.63, 3.8) is 0 Å². The summed E-state index contributed by atoms with van der Waals surface area (Å²) in [7, 11) is 0. The van der Waals surface area contributed by atoms with E-state index >= 15 is 0 Å². The van der Waals surface area contributed by atoms with E-state index in [2.05, 4.69) is 13.8 Å². The highest BCUT2D eigenvalue weighted by molar-refractivity contribution is 4.72. The summed E-state index contributed by atoms with van der Waals surface area (Å²) >= 11 is 0. The molecule has 3 atom stereocenters. The second-order valence-corrected chi connectivity index (χ2v) is 3.82. The van der Waals surface area contributed by atoms with Gasteiger partial charge in [-0.3, -0.25) is 0 Å². The van der Waals surface area contributed by atoms with Gasteiger partial charge in [0.15, 0.2) is 6.29 Å². The summed E-state index contributed by atoms with van der Waals surface area (Å²) in [5.41, 5.74) is 0. The number of aliphatic hydroxyl groups is 1. The topological polar surface area (TPSA) is 29.5 Å². The Balaban J connectivity index is 2.44. The fourth-order valence-electron chi connectivity index (χ4n) is 1.64. The molecule has 1 heterocycles. The van der Waals surface area contributed by atoms with E-state index in [1.807, 2.05) is 6.92 Å². The molecule has 1 N–H and O–H groups in total. The van der Waals surface area contributed by atoms with E-state index in [0.29, 0.717) is 11.8 Å². The van der Waals surface area contributed by atoms with Gasteiger partial charge in [-0.05, 0) is 25.7 Å². The van der Waals surface area contributed by atoms with Crippen LogP contribution < -0.4 is 0 Å². The highest BCUT2D eigenvalue weighted by Gasteiger charge is 2.29. The number of aliphatic hydroxyl groups excluding tert-OH is 1. The predicted molar refractivity (Wildman–Crippen MR) is 44.1 cm³/mol. The Morgan fingerprint density at radius 1 is 1.36 bits per heavy atom. The first-order valence-corrected chi connectivity index (χ1v) is 4.44. The molecule has 0 aliphatic carbocycles. The van der Waals surface area contributed by atoms with Crippen LogP contribution in [0.4, 0.5) is 0 Å². The second-order valence-electron chi connectivity index (χ2n) is 3.82. The second kappa shape index (κ2) is 3.55. The van der Waals surface area contributed by atoms with E-state index in [1.54, 1.807) is 0 Å². The van der Waals surface area contributed by atoms with E-state index in [1.165, 1.54) is 0 Å². The molecule has 66 valence electrons. The molecular formula is C9H18O2. The Morgan fingerprint density at radius 2 is 2.00 bits per heavy atom. The largest absolute Gasteiger partial charge is 0.368 e. The van der Waals surface area contributed by atoms with Crippen molar-refractivity contribution < 1.29 is 9.84 Å². The van der Waals surface area contributed by atoms with Crippen molar-refractivity contribution in [1.82, 2.24) is 0 Å². The van der Waals surface area contributed by atoms with Gasteiger partial charge in [0.2, 0.25) is 0 Å². The summed E-state index contributed by atoms with van der Waals surface area (Å²) in [4.78, 5) is 0. The van der Waals surface area contributed by atoms with Gasteiger partial charge in [0.1, 0.15) is 0 Å². The lowest BCUT2D eigenvalue weighted by Crippen LogP contribution is -2.36. The zero-order valence-corrected chi connectivity index (χ0v) is 7.58. The molecule has 0 spiro atoms. The maximum absolute atomic E-state index is 9.49. The van der Waals surface area contributed by atoms with E-state index in [4.69, 9.17) is 4.74 Å². The summed E-state index contributed by atoms with van der Waals surface area (Å²) in [5, 5.41) is 9.49. The molecule has 2 heteroatoms. The molecular weight excluding hydrogens is 140 g/mol. The van der Waals surface area contributed by atoms with Crippen LogP contribution in [0.15, 0.2) is 0 Å². The molecule has 0 radical (unpaired) electrons. The summed E-state index contributed by atoms with van der Waals surface area (Å²) < 4.78 is 5.32. The predicted octanol–water partition coefficient (Wildman–Crippen LogP) is 1.78. The van der Waals surface area contributed by atoms with Crippen LogP contribution in [-0.2, 0) is 4.74 Å². The van der Waals surface area contributed by atoms with Gasteiger partial charge in [-0.15, -0.1) is 0 Å². The van der Waals surface area contributed by atoms with Crippen LogP contribution in [0.1, 0.15) is 33.6 Å². The van der Waals surface area contributed by atoms with Crippen LogP contribution in [0.25, 0.3) is 0 Å². The molecule has 0 amide bonds. The van der Waals surface area contributed by atoms with Gasteiger partial charge < -0.3 is 9.84 Å². The zero-order valence-electron chi connectivity index (χ0n) is 7.58. The van der Waals surface area contributed by atoms with Crippen molar-refractivity contribution in [2.24, 2.45) is 11.8 Å². The molecule has 1 fully saturated rings. The maximum Gasteiger partial charge on any atom is 0.157 e. The van der Waals surface area contributed by atoms with Crippen molar-refractivity contribution in [2.75, 3.05) is 0 Å². The van der Waals surface area contributed by atoms with Crippen molar-refractivity contribution in [1.29, 1.82) is 0 Å². The summed E-state index contributed by atoms with van der Waals surface area (Å²) in [6, 6.07) is 0. The smallest absolute Gasteiger partial charge is 0.157 e. The highest BCUT2D eigenvalue weighted by atomic mass is 16.6. The fourth-order valence-corrected chi connectivity index (χ4v) is 1.64. The van der Waals surface area contributed by atoms with Crippen molar-refractivity contribution in [3.8, 4) is 0 Å². The molecule has 0 aromatic carbocycles. The first-order chi connectivity index (χ1) is 5.11. The third kappa shape index (κ3) is 2.17. The summed E-state index contributed by atoms with van der Waals surface area (Å²) in [6.07, 6.45) is 1.89. The first kappa shape index (κ1) is 9.01. The van der Waals surface area contributed by atoms with Gasteiger partial charge in [-0.25, -0.2) is 0 Å². The Hall–Kier alpha value is -0.0800. The minimum Gasteiger partial charge on any atom is -0.368 e. The normalized spacial score (nSPS) is 39.5. The number of hydrogen-bond donors (Lipinski definition) is 1. The van der Waals surface area contributed by atoms with Gasteiger partial charge in [-0.2, -0.15) is 0 Å². The minimum atomic E-state index is -0.529. The van der Waals surface area contributed by atoms with E-state index in [-0.39, 0.29) is 6.10 Å². The van der Waals surface area contributed by atoms with E-state index in [9.17, 15) is 5.11 Å². The Kier molecular flexibility index (Phi) is 2.90. The average Bonchev–Trinajstić information content (AvgIpc) is 1.85. The van der Waals surface area contributed by atoms with E-state index < -0.39 is 6.29 Å². The Bertz CT molecular complexity index is 123. The van der Waals surface area contributed by atoms with Crippen LogP contribution in [0.5, 0.6) is 0 Å². The maximum atomic E-state index is 9.49. The highest BCUT2D eigenvalue weighted by Crippen LogP contribution is 2.28. The number of hydrogen-bond acceptors (Lipinski definition) is 2. The molecule has 11 heavy (non-hydrogen) atoms. The van der Waals surface area contributed by atoms with Crippen LogP contribution in [0.3, 0.4) is 0 Å². The monoisotopic (exact) mass is 158 g/mol. The Labute approximate surface area is 68.6 Å². The summed E-state index contributed by atoms with van der Waals surface area (Å²) in [5.74, 6) is 0.865. The lowest BCUT2D eigenvalue weighted by atomic mass is 9.87. The molecule has 2 nitrogen and oxygen atoms in total. The van der Waals surface area contributed by atoms with Crippen LogP contribution in [0, 0.1) is 11.8 Å². The standard InChI is InChI=1S/C9H18O2/c1-6(2)8-5-4-7(3)11-9(8)10/h6-10H,4-5H2,1-3H3/t7?,8-,9?/m1/s1. The summed E-state index contributed by atoms with van der Waals surface area (Å²) in [6.45, 7) is 6.28. The fraction of sp³-hybridized carbons (Fsp3) is 1.00. The molecule has 0 aromatic heterocycles. The van der Waals surface area contributed by atoms with Crippen LogP contribution >= 0.6 is 0 Å². The quantitative estimate of drug-likeness (QED) is 0.630. The lowest BCUT2D eigenvalue weighted by Gasteiger charge is -2.34. The number of rotatable bonds is 1. The first-order valence-electron chi connectivity index (χ1n) is 4.44. The third-order valence-corrected chi connectivity index (χ3v) is 2.50. The zero-order chi connectivity index (χ0) is 8.43. The molecule has 0 aromatic rings. The molecule has 1 saturated heterocycles. The lowest BCUT2D eigenvalue weighted by molar-refractivity contribution is -0.197. The number of ether oxygens (including phenoxy) is 1. The van der Waals surface area contributed by atoms with Gasteiger partial charge >= 0.3 is 0 Å². The third-order valence-electron chi connectivity index (χ3n) is 2.50. The Morgan fingerprint density at radius 3 is 2.45 bits per heavy atom. The molecule has 1 aliphatic rings. The minimum absolute atomic E-state index is 0.236. The molecule has 2 unspecified atom stereocenters. The molecule has 0 bridgehead atoms. The molecule has 1 rings (SSSR count).